The largest absolute Gasteiger partial charge is 0.394 e. The van der Waals surface area contributed by atoms with Crippen LogP contribution in [0.5, 0.6) is 0 Å². The van der Waals surface area contributed by atoms with Gasteiger partial charge < -0.3 is 10.4 Å². The van der Waals surface area contributed by atoms with Gasteiger partial charge in [-0.2, -0.15) is 0 Å². The van der Waals surface area contributed by atoms with E-state index in [-0.39, 0.29) is 5.54 Å². The Morgan fingerprint density at radius 2 is 2.23 bits per heavy atom. The Bertz CT molecular complexity index is 158. The van der Waals surface area contributed by atoms with E-state index in [1.54, 1.807) is 0 Å². The molecular formula is C11H23NO. The zero-order valence-electron chi connectivity index (χ0n) is 9.14. The van der Waals surface area contributed by atoms with Crippen LogP contribution in [0.1, 0.15) is 40.0 Å². The summed E-state index contributed by atoms with van der Waals surface area (Å²) in [5.74, 6) is 1.44. The quantitative estimate of drug-likeness (QED) is 0.700. The molecule has 2 heteroatoms. The van der Waals surface area contributed by atoms with Crippen LogP contribution >= 0.6 is 0 Å². The Balaban J connectivity index is 2.41. The maximum absolute atomic E-state index is 9.38. The number of nitrogens with one attached hydrogen (secondary N) is 1. The van der Waals surface area contributed by atoms with Crippen LogP contribution in [-0.4, -0.2) is 23.8 Å². The van der Waals surface area contributed by atoms with E-state index in [9.17, 15) is 5.11 Å². The first-order valence-electron chi connectivity index (χ1n) is 5.44. The van der Waals surface area contributed by atoms with Crippen LogP contribution in [0, 0.1) is 11.8 Å². The molecule has 0 radical (unpaired) electrons. The average molecular weight is 185 g/mol. The van der Waals surface area contributed by atoms with Crippen molar-refractivity contribution < 1.29 is 5.11 Å². The molecular weight excluding hydrogens is 162 g/mol. The molecule has 0 heterocycles. The predicted octanol–water partition coefficient (Wildman–Crippen LogP) is 1.78. The van der Waals surface area contributed by atoms with Crippen molar-refractivity contribution in [3.05, 3.63) is 0 Å². The number of hydrogen-bond acceptors (Lipinski definition) is 2. The van der Waals surface area contributed by atoms with Crippen LogP contribution in [0.15, 0.2) is 0 Å². The topological polar surface area (TPSA) is 32.3 Å². The van der Waals surface area contributed by atoms with E-state index in [1.165, 1.54) is 6.42 Å². The first kappa shape index (κ1) is 11.0. The van der Waals surface area contributed by atoms with Gasteiger partial charge in [-0.3, -0.25) is 0 Å². The lowest BCUT2D eigenvalue weighted by atomic mass is 9.96. The van der Waals surface area contributed by atoms with Crippen LogP contribution in [0.25, 0.3) is 0 Å². The van der Waals surface area contributed by atoms with E-state index in [0.29, 0.717) is 12.5 Å². The van der Waals surface area contributed by atoms with Gasteiger partial charge >= 0.3 is 0 Å². The summed E-state index contributed by atoms with van der Waals surface area (Å²) in [6.45, 7) is 8.00. The lowest BCUT2D eigenvalue weighted by Crippen LogP contribution is -2.47. The molecule has 1 fully saturated rings. The normalized spacial score (nSPS) is 34.4. The van der Waals surface area contributed by atoms with Crippen LogP contribution in [0.4, 0.5) is 0 Å². The fourth-order valence-corrected chi connectivity index (χ4v) is 2.17. The average Bonchev–Trinajstić information content (AvgIpc) is 2.45. The van der Waals surface area contributed by atoms with Crippen molar-refractivity contribution in [2.45, 2.75) is 45.6 Å². The molecule has 2 nitrogen and oxygen atoms in total. The Morgan fingerprint density at radius 3 is 2.62 bits per heavy atom. The van der Waals surface area contributed by atoms with Gasteiger partial charge in [-0.25, -0.2) is 0 Å². The zero-order chi connectivity index (χ0) is 9.90. The Kier molecular flexibility index (Phi) is 3.74. The van der Waals surface area contributed by atoms with Gasteiger partial charge in [0.05, 0.1) is 6.61 Å². The van der Waals surface area contributed by atoms with E-state index < -0.39 is 0 Å². The summed E-state index contributed by atoms with van der Waals surface area (Å²) < 4.78 is 0. The fraction of sp³-hybridized carbons (Fsp3) is 1.00. The highest BCUT2D eigenvalue weighted by Gasteiger charge is 2.36. The Labute approximate surface area is 81.7 Å². The second-order valence-corrected chi connectivity index (χ2v) is 5.06. The van der Waals surface area contributed by atoms with Crippen molar-refractivity contribution in [2.24, 2.45) is 11.8 Å². The number of aliphatic hydroxyl groups is 1. The van der Waals surface area contributed by atoms with E-state index in [1.807, 2.05) is 0 Å². The van der Waals surface area contributed by atoms with Gasteiger partial charge in [0.15, 0.2) is 0 Å². The summed E-state index contributed by atoms with van der Waals surface area (Å²) in [4.78, 5) is 0. The maximum Gasteiger partial charge on any atom is 0.0613 e. The molecule has 78 valence electrons. The summed E-state index contributed by atoms with van der Waals surface area (Å²) in [6.07, 6.45) is 3.53. The van der Waals surface area contributed by atoms with Gasteiger partial charge in [-0.15, -0.1) is 0 Å². The number of hydrogen-bond donors (Lipinski definition) is 2. The third-order valence-electron chi connectivity index (χ3n) is 3.04. The van der Waals surface area contributed by atoms with Crippen molar-refractivity contribution in [1.29, 1.82) is 0 Å². The van der Waals surface area contributed by atoms with Gasteiger partial charge in [-0.05, 0) is 37.6 Å². The van der Waals surface area contributed by atoms with Crippen molar-refractivity contribution in [1.82, 2.24) is 5.32 Å². The molecule has 2 N–H and O–H groups in total. The summed E-state index contributed by atoms with van der Waals surface area (Å²) in [5, 5.41) is 12.9. The molecule has 0 aromatic carbocycles. The molecule has 2 atom stereocenters. The molecule has 0 amide bonds. The minimum absolute atomic E-state index is 0.0453. The molecule has 2 unspecified atom stereocenters. The first-order valence-corrected chi connectivity index (χ1v) is 5.44. The van der Waals surface area contributed by atoms with Crippen LogP contribution in [0.3, 0.4) is 0 Å². The lowest BCUT2D eigenvalue weighted by molar-refractivity contribution is 0.157. The van der Waals surface area contributed by atoms with Gasteiger partial charge in [0.2, 0.25) is 0 Å². The van der Waals surface area contributed by atoms with Gasteiger partial charge in [0.1, 0.15) is 0 Å². The molecule has 0 bridgehead atoms. The summed E-state index contributed by atoms with van der Waals surface area (Å²) >= 11 is 0. The second kappa shape index (κ2) is 4.43. The highest BCUT2D eigenvalue weighted by molar-refractivity contribution is 4.94. The zero-order valence-corrected chi connectivity index (χ0v) is 9.14. The molecule has 1 saturated carbocycles. The van der Waals surface area contributed by atoms with Crippen LogP contribution in [-0.2, 0) is 0 Å². The third kappa shape index (κ3) is 2.96. The van der Waals surface area contributed by atoms with Gasteiger partial charge in [0.25, 0.3) is 0 Å². The minimum Gasteiger partial charge on any atom is -0.394 e. The second-order valence-electron chi connectivity index (χ2n) is 5.06. The predicted molar refractivity (Wildman–Crippen MR) is 55.7 cm³/mol. The molecule has 0 aromatic rings. The summed E-state index contributed by atoms with van der Waals surface area (Å²) in [5.41, 5.74) is 0.0453. The molecule has 13 heavy (non-hydrogen) atoms. The minimum atomic E-state index is 0.0453. The Hall–Kier alpha value is -0.0800. The van der Waals surface area contributed by atoms with Crippen molar-refractivity contribution in [3.63, 3.8) is 0 Å². The summed E-state index contributed by atoms with van der Waals surface area (Å²) in [7, 11) is 0. The maximum atomic E-state index is 9.38. The van der Waals surface area contributed by atoms with Gasteiger partial charge in [0, 0.05) is 5.54 Å². The third-order valence-corrected chi connectivity index (χ3v) is 3.04. The monoisotopic (exact) mass is 185 g/mol. The first-order chi connectivity index (χ1) is 6.08. The van der Waals surface area contributed by atoms with Crippen molar-refractivity contribution in [2.75, 3.05) is 13.2 Å². The smallest absolute Gasteiger partial charge is 0.0613 e. The highest BCUT2D eigenvalue weighted by Crippen LogP contribution is 2.33. The molecule has 0 saturated heterocycles. The van der Waals surface area contributed by atoms with Gasteiger partial charge in [-0.1, -0.05) is 20.8 Å². The van der Waals surface area contributed by atoms with Crippen molar-refractivity contribution in [3.8, 4) is 0 Å². The van der Waals surface area contributed by atoms with Crippen LogP contribution in [0.2, 0.25) is 0 Å². The molecule has 1 aliphatic carbocycles. The van der Waals surface area contributed by atoms with E-state index >= 15 is 0 Å². The molecule has 0 spiro atoms. The van der Waals surface area contributed by atoms with Crippen molar-refractivity contribution >= 4 is 0 Å². The summed E-state index contributed by atoms with van der Waals surface area (Å²) in [6, 6.07) is 0. The molecule has 1 rings (SSSR count). The van der Waals surface area contributed by atoms with Crippen LogP contribution < -0.4 is 5.32 Å². The molecule has 1 aliphatic rings. The highest BCUT2D eigenvalue weighted by atomic mass is 16.3. The number of aliphatic hydroxyl groups excluding tert-OH is 1. The molecule has 0 aromatic heterocycles. The van der Waals surface area contributed by atoms with E-state index in [4.69, 9.17) is 0 Å². The van der Waals surface area contributed by atoms with E-state index in [0.717, 1.165) is 25.3 Å². The SMILES string of the molecule is CC(C)CNC1(CO)CCC(C)C1. The number of rotatable bonds is 4. The van der Waals surface area contributed by atoms with E-state index in [2.05, 4.69) is 26.1 Å². The lowest BCUT2D eigenvalue weighted by Gasteiger charge is -2.29. The molecule has 0 aliphatic heterocycles. The Morgan fingerprint density at radius 1 is 1.54 bits per heavy atom. The standard InChI is InChI=1S/C11H23NO/c1-9(2)7-12-11(8-13)5-4-10(3)6-11/h9-10,12-13H,4-8H2,1-3H3. The fourth-order valence-electron chi connectivity index (χ4n) is 2.17.